The minimum atomic E-state index is -0.910. The molecule has 2 aromatic carbocycles. The first kappa shape index (κ1) is 16.2. The lowest BCUT2D eigenvalue weighted by Crippen LogP contribution is -2.49. The summed E-state index contributed by atoms with van der Waals surface area (Å²) >= 11 is 0. The van der Waals surface area contributed by atoms with Crippen molar-refractivity contribution in [2.24, 2.45) is 0 Å². The number of Topliss-reactive ketones (excluding diaryl/α,β-unsaturated/α-hetero) is 1. The second-order valence-corrected chi connectivity index (χ2v) is 5.70. The zero-order valence-electron chi connectivity index (χ0n) is 13.7. The number of ketones is 1. The number of benzene rings is 2. The van der Waals surface area contributed by atoms with Gasteiger partial charge < -0.3 is 9.47 Å². The lowest BCUT2D eigenvalue weighted by Gasteiger charge is -2.33. The number of rotatable bonds is 4. The van der Waals surface area contributed by atoms with Gasteiger partial charge in [0.1, 0.15) is 5.75 Å². The highest BCUT2D eigenvalue weighted by Gasteiger charge is 2.39. The molecule has 0 saturated heterocycles. The summed E-state index contributed by atoms with van der Waals surface area (Å²) in [5, 5.41) is 0. The van der Waals surface area contributed by atoms with Gasteiger partial charge in [0.05, 0.1) is 14.2 Å². The van der Waals surface area contributed by atoms with Gasteiger partial charge in [-0.1, -0.05) is 36.4 Å². The average molecular weight is 325 g/mol. The molecule has 0 bridgehead atoms. The molecule has 0 aromatic heterocycles. The fraction of sp³-hybridized carbons (Fsp3) is 0.263. The Bertz CT molecular complexity index is 754. The van der Waals surface area contributed by atoms with Crippen molar-refractivity contribution in [1.29, 1.82) is 0 Å². The Morgan fingerprint density at radius 3 is 2.50 bits per heavy atom. The van der Waals surface area contributed by atoms with Crippen LogP contribution in [0.2, 0.25) is 0 Å². The van der Waals surface area contributed by atoms with Gasteiger partial charge in [-0.15, -0.1) is 0 Å². The summed E-state index contributed by atoms with van der Waals surface area (Å²) in [6.45, 7) is 0.998. The monoisotopic (exact) mass is 325 g/mol. The van der Waals surface area contributed by atoms with E-state index in [-0.39, 0.29) is 5.78 Å². The lowest BCUT2D eigenvalue weighted by atomic mass is 9.92. The SMILES string of the molecule is COC(=O)C1C(=O)c2ccccc2CN1Cc1ccc(OC)cc1. The third kappa shape index (κ3) is 3.03. The smallest absolute Gasteiger partial charge is 0.331 e. The maximum atomic E-state index is 12.8. The summed E-state index contributed by atoms with van der Waals surface area (Å²) in [4.78, 5) is 26.8. The lowest BCUT2D eigenvalue weighted by molar-refractivity contribution is -0.145. The van der Waals surface area contributed by atoms with E-state index in [1.54, 1.807) is 13.2 Å². The fourth-order valence-corrected chi connectivity index (χ4v) is 3.00. The van der Waals surface area contributed by atoms with Gasteiger partial charge in [-0.2, -0.15) is 0 Å². The Balaban J connectivity index is 1.91. The summed E-state index contributed by atoms with van der Waals surface area (Å²) in [6, 6.07) is 14.1. The van der Waals surface area contributed by atoms with Gasteiger partial charge >= 0.3 is 5.97 Å². The first-order chi connectivity index (χ1) is 11.6. The van der Waals surface area contributed by atoms with Gasteiger partial charge in [0.25, 0.3) is 0 Å². The van der Waals surface area contributed by atoms with Gasteiger partial charge in [-0.05, 0) is 23.3 Å². The van der Waals surface area contributed by atoms with E-state index in [9.17, 15) is 9.59 Å². The van der Waals surface area contributed by atoms with Crippen LogP contribution in [0.15, 0.2) is 48.5 Å². The molecule has 1 atom stereocenters. The number of hydrogen-bond acceptors (Lipinski definition) is 5. The molecule has 1 aliphatic rings. The minimum Gasteiger partial charge on any atom is -0.497 e. The number of esters is 1. The molecule has 1 heterocycles. The Morgan fingerprint density at radius 1 is 1.12 bits per heavy atom. The Labute approximate surface area is 140 Å². The van der Waals surface area contributed by atoms with Crippen LogP contribution in [0, 0.1) is 0 Å². The number of nitrogens with zero attached hydrogens (tertiary/aromatic N) is 1. The highest BCUT2D eigenvalue weighted by Crippen LogP contribution is 2.26. The molecular weight excluding hydrogens is 306 g/mol. The van der Waals surface area contributed by atoms with Crippen LogP contribution in [0.3, 0.4) is 0 Å². The van der Waals surface area contributed by atoms with Gasteiger partial charge in [0.2, 0.25) is 0 Å². The molecule has 1 unspecified atom stereocenters. The molecule has 1 aliphatic heterocycles. The van der Waals surface area contributed by atoms with Crippen LogP contribution >= 0.6 is 0 Å². The number of carbonyl (C=O) groups is 2. The van der Waals surface area contributed by atoms with Gasteiger partial charge in [0.15, 0.2) is 11.8 Å². The molecule has 24 heavy (non-hydrogen) atoms. The van der Waals surface area contributed by atoms with E-state index >= 15 is 0 Å². The predicted molar refractivity (Wildman–Crippen MR) is 88.8 cm³/mol. The van der Waals surface area contributed by atoms with Gasteiger partial charge in [-0.25, -0.2) is 4.79 Å². The van der Waals surface area contributed by atoms with Crippen molar-refractivity contribution in [1.82, 2.24) is 4.90 Å². The molecular formula is C19H19NO4. The van der Waals surface area contributed by atoms with Crippen molar-refractivity contribution in [2.45, 2.75) is 19.1 Å². The van der Waals surface area contributed by atoms with Crippen LogP contribution in [0.4, 0.5) is 0 Å². The summed E-state index contributed by atoms with van der Waals surface area (Å²) < 4.78 is 10.0. The van der Waals surface area contributed by atoms with E-state index in [1.165, 1.54) is 7.11 Å². The van der Waals surface area contributed by atoms with Gasteiger partial charge in [-0.3, -0.25) is 9.69 Å². The Kier molecular flexibility index (Phi) is 4.62. The van der Waals surface area contributed by atoms with Crippen molar-refractivity contribution >= 4 is 11.8 Å². The molecule has 5 nitrogen and oxygen atoms in total. The van der Waals surface area contributed by atoms with Crippen LogP contribution < -0.4 is 4.74 Å². The first-order valence-corrected chi connectivity index (χ1v) is 7.71. The molecule has 3 rings (SSSR count). The maximum Gasteiger partial charge on any atom is 0.331 e. The largest absolute Gasteiger partial charge is 0.497 e. The number of carbonyl (C=O) groups excluding carboxylic acids is 2. The van der Waals surface area contributed by atoms with Crippen molar-refractivity contribution in [3.8, 4) is 5.75 Å². The summed E-state index contributed by atoms with van der Waals surface area (Å²) in [7, 11) is 2.92. The van der Waals surface area contributed by atoms with E-state index in [2.05, 4.69) is 0 Å². The van der Waals surface area contributed by atoms with Crippen LogP contribution in [0.5, 0.6) is 5.75 Å². The van der Waals surface area contributed by atoms with Crippen LogP contribution in [-0.4, -0.2) is 36.9 Å². The summed E-state index contributed by atoms with van der Waals surface area (Å²) in [6.07, 6.45) is 0. The quantitative estimate of drug-likeness (QED) is 0.638. The van der Waals surface area contributed by atoms with Gasteiger partial charge in [0, 0.05) is 18.7 Å². The van der Waals surface area contributed by atoms with Crippen LogP contribution in [0.1, 0.15) is 21.5 Å². The third-order valence-corrected chi connectivity index (χ3v) is 4.24. The molecule has 2 aromatic rings. The molecule has 124 valence electrons. The second-order valence-electron chi connectivity index (χ2n) is 5.70. The molecule has 0 amide bonds. The number of methoxy groups -OCH3 is 2. The molecule has 0 spiro atoms. The Morgan fingerprint density at radius 2 is 1.83 bits per heavy atom. The fourth-order valence-electron chi connectivity index (χ4n) is 3.00. The highest BCUT2D eigenvalue weighted by atomic mass is 16.5. The number of hydrogen-bond donors (Lipinski definition) is 0. The third-order valence-electron chi connectivity index (χ3n) is 4.24. The van der Waals surface area contributed by atoms with Crippen molar-refractivity contribution in [3.63, 3.8) is 0 Å². The maximum absolute atomic E-state index is 12.8. The van der Waals surface area contributed by atoms with Crippen molar-refractivity contribution < 1.29 is 19.1 Å². The van der Waals surface area contributed by atoms with E-state index in [0.717, 1.165) is 16.9 Å². The second kappa shape index (κ2) is 6.84. The molecule has 0 aliphatic carbocycles. The zero-order valence-corrected chi connectivity index (χ0v) is 13.7. The minimum absolute atomic E-state index is 0.211. The topological polar surface area (TPSA) is 55.8 Å². The number of fused-ring (bicyclic) bond motifs is 1. The molecule has 0 radical (unpaired) electrons. The molecule has 0 saturated carbocycles. The number of ether oxygens (including phenoxy) is 2. The van der Waals surface area contributed by atoms with Crippen LogP contribution in [0.25, 0.3) is 0 Å². The van der Waals surface area contributed by atoms with Crippen molar-refractivity contribution in [2.75, 3.05) is 14.2 Å². The van der Waals surface area contributed by atoms with E-state index < -0.39 is 12.0 Å². The summed E-state index contributed by atoms with van der Waals surface area (Å²) in [5.74, 6) is 0.0311. The predicted octanol–water partition coefficient (Wildman–Crippen LogP) is 2.44. The molecule has 0 fully saturated rings. The normalized spacial score (nSPS) is 17.2. The average Bonchev–Trinajstić information content (AvgIpc) is 2.62. The standard InChI is InChI=1S/C19H19NO4/c1-23-15-9-7-13(8-10-15)11-20-12-14-5-3-4-6-16(14)18(21)17(20)19(22)24-2/h3-10,17H,11-12H2,1-2H3. The van der Waals surface area contributed by atoms with Crippen molar-refractivity contribution in [3.05, 3.63) is 65.2 Å². The zero-order chi connectivity index (χ0) is 17.1. The van der Waals surface area contributed by atoms with E-state index in [0.29, 0.717) is 18.7 Å². The molecule has 5 heteroatoms. The first-order valence-electron chi connectivity index (χ1n) is 7.71. The summed E-state index contributed by atoms with van der Waals surface area (Å²) in [5.41, 5.74) is 2.52. The Hall–Kier alpha value is -2.66. The molecule has 0 N–H and O–H groups in total. The van der Waals surface area contributed by atoms with Crippen LogP contribution in [-0.2, 0) is 22.6 Å². The van der Waals surface area contributed by atoms with E-state index in [1.807, 2.05) is 47.4 Å². The highest BCUT2D eigenvalue weighted by molar-refractivity contribution is 6.13. The van der Waals surface area contributed by atoms with E-state index in [4.69, 9.17) is 9.47 Å².